The molecule has 0 saturated heterocycles. The van der Waals surface area contributed by atoms with E-state index in [4.69, 9.17) is 115 Å². The number of aromatic nitrogens is 3. The molecule has 27 nitrogen and oxygen atoms in total. The highest BCUT2D eigenvalue weighted by Gasteiger charge is 2.02. The smallest absolute Gasteiger partial charge is 0.313 e. The van der Waals surface area contributed by atoms with E-state index in [0.29, 0.717) is 17.0 Å². The van der Waals surface area contributed by atoms with Crippen molar-refractivity contribution in [1.29, 1.82) is 0 Å². The quantitative estimate of drug-likeness (QED) is 0.113. The van der Waals surface area contributed by atoms with Crippen molar-refractivity contribution >= 4 is 72.5 Å². The monoisotopic (exact) mass is 727 g/mol. The third kappa shape index (κ3) is 832. The zero-order valence-corrected chi connectivity index (χ0v) is 24.3. The van der Waals surface area contributed by atoms with Gasteiger partial charge < -0.3 is 97.1 Å². The molecule has 1 rings (SSSR count). The maximum Gasteiger partial charge on any atom is 0.466 e. The van der Waals surface area contributed by atoms with Gasteiger partial charge in [0.05, 0.1) is 0 Å². The first-order valence-corrected chi connectivity index (χ1v) is 18.3. The van der Waals surface area contributed by atoms with Crippen LogP contribution in [0.4, 0.5) is 0 Å². The molecule has 0 saturated carbocycles. The number of phosphoric acid groups is 6. The van der Waals surface area contributed by atoms with Gasteiger partial charge >= 0.3 is 46.9 Å². The summed E-state index contributed by atoms with van der Waals surface area (Å²) < 4.78 is 63.3. The van der Waals surface area contributed by atoms with Gasteiger partial charge in [-0.05, 0) is 0 Å². The van der Waals surface area contributed by atoms with Crippen molar-refractivity contribution in [3.8, 4) is 0 Å². The normalized spacial score (nSPS) is 11.8. The molecule has 226 valence electrons. The molecule has 0 amide bonds. The Morgan fingerprint density at radius 3 is 0.639 bits per heavy atom. The van der Waals surface area contributed by atoms with E-state index in [1.54, 1.807) is 0 Å². The SMILES string of the molecule is O=P(O)(O)O.O=P(O)(O)O.O=P(O)(O)O.O=P(O)(O)O.O=P(O)(O)O.O=P(O)(O)O.n1p[nH][pH][nH][pH]1. The molecule has 0 spiro atoms. The fraction of sp³-hybridized carbons (Fsp3) is 0. The Balaban J connectivity index is -0.0000000731. The van der Waals surface area contributed by atoms with E-state index in [1.165, 1.54) is 0 Å². The van der Waals surface area contributed by atoms with Gasteiger partial charge in [-0.15, -0.1) is 0 Å². The summed E-state index contributed by atoms with van der Waals surface area (Å²) in [7, 11) is -25.5. The van der Waals surface area contributed by atoms with Crippen LogP contribution in [0.2, 0.25) is 0 Å². The number of hydrogen-bond donors (Lipinski definition) is 20. The molecule has 0 aliphatic carbocycles. The van der Waals surface area contributed by atoms with E-state index < -0.39 is 46.9 Å². The second kappa shape index (κ2) is 23.8. The number of H-pyrrole nitrogens is 2. The molecule has 0 aromatic carbocycles. The van der Waals surface area contributed by atoms with Crippen molar-refractivity contribution in [3.63, 3.8) is 0 Å². The second-order valence-corrected chi connectivity index (χ2v) is 13.3. The Kier molecular flexibility index (Phi) is 33.0. The van der Waals surface area contributed by atoms with Gasteiger partial charge in [-0.25, -0.2) is 27.4 Å². The highest BCUT2D eigenvalue weighted by atomic mass is 31.2. The molecule has 1 aromatic rings. The van der Waals surface area contributed by atoms with Crippen molar-refractivity contribution in [2.45, 2.75) is 0 Å². The molecule has 2 atom stereocenters. The lowest BCUT2D eigenvalue weighted by atomic mass is 13.9. The van der Waals surface area contributed by atoms with Gasteiger partial charge in [0.25, 0.3) is 0 Å². The van der Waals surface area contributed by atoms with E-state index in [1.807, 2.05) is 0 Å². The Morgan fingerprint density at radius 1 is 0.444 bits per heavy atom. The Hall–Kier alpha value is 0.960. The number of aromatic amines is 2. The highest BCUT2D eigenvalue weighted by molar-refractivity contribution is 7.46. The highest BCUT2D eigenvalue weighted by Crippen LogP contribution is 2.27. The first-order chi connectivity index (χ1) is 15.0. The van der Waals surface area contributed by atoms with Crippen LogP contribution in [0.3, 0.4) is 0 Å². The third-order valence-corrected chi connectivity index (χ3v) is 2.92. The van der Waals surface area contributed by atoms with Crippen LogP contribution in [0.15, 0.2) is 0 Å². The minimum absolute atomic E-state index is 0.614. The van der Waals surface area contributed by atoms with E-state index in [0.717, 1.165) is 8.51 Å². The van der Waals surface area contributed by atoms with Crippen LogP contribution in [-0.4, -0.2) is 102 Å². The number of nitrogens with zero attached hydrogens (tertiary/aromatic N) is 1. The molecular weight excluding hydrogens is 705 g/mol. The molecule has 0 radical (unpaired) electrons. The average molecular weight is 727 g/mol. The van der Waals surface area contributed by atoms with Crippen molar-refractivity contribution < 1.29 is 115 Å². The van der Waals surface area contributed by atoms with Crippen molar-refractivity contribution in [2.24, 2.45) is 0 Å². The predicted octanol–water partition coefficient (Wildman–Crippen LogP) is -4.07. The summed E-state index contributed by atoms with van der Waals surface area (Å²) in [6.07, 6.45) is 0. The number of hydrogen-bond acceptors (Lipinski definition) is 7. The topological polar surface area (TPSA) is 511 Å². The molecule has 0 aliphatic rings. The van der Waals surface area contributed by atoms with Crippen molar-refractivity contribution in [1.82, 2.24) is 13.5 Å². The first-order valence-electron chi connectivity index (χ1n) is 6.09. The van der Waals surface area contributed by atoms with Gasteiger partial charge in [0.1, 0.15) is 8.51 Å². The first kappa shape index (κ1) is 49.9. The summed E-state index contributed by atoms with van der Waals surface area (Å²) in [5.41, 5.74) is 0. The van der Waals surface area contributed by atoms with Gasteiger partial charge in [-0.2, -0.15) is 4.51 Å². The summed E-state index contributed by atoms with van der Waals surface area (Å²) in [6.45, 7) is 0. The van der Waals surface area contributed by atoms with Crippen LogP contribution in [0.5, 0.6) is 0 Å². The maximum atomic E-state index is 8.88. The van der Waals surface area contributed by atoms with Crippen LogP contribution >= 0.6 is 72.5 Å². The number of nitrogens with one attached hydrogen (secondary N) is 2. The van der Waals surface area contributed by atoms with Crippen LogP contribution < -0.4 is 0 Å². The molecule has 1 heterocycles. The lowest BCUT2D eigenvalue weighted by Gasteiger charge is -1.82. The second-order valence-electron chi connectivity index (χ2n) is 3.75. The van der Waals surface area contributed by atoms with Gasteiger partial charge in [0.15, 0.2) is 0 Å². The van der Waals surface area contributed by atoms with Gasteiger partial charge in [-0.3, -0.25) is 0 Å². The molecule has 1 aromatic heterocycles. The zero-order valence-electron chi connectivity index (χ0n) is 16.1. The third-order valence-electron chi connectivity index (χ3n) is 0.324. The maximum absolute atomic E-state index is 8.88. The van der Waals surface area contributed by atoms with Crippen LogP contribution in [-0.2, 0) is 27.4 Å². The van der Waals surface area contributed by atoms with Gasteiger partial charge in [0, 0.05) is 17.0 Å². The Bertz CT molecular complexity index is 659. The molecule has 2 unspecified atom stereocenters. The molecule has 36 heteroatoms. The molecule has 36 heavy (non-hydrogen) atoms. The summed E-state index contributed by atoms with van der Waals surface area (Å²) in [4.78, 5) is 129. The lowest BCUT2D eigenvalue weighted by molar-refractivity contribution is 0.272. The van der Waals surface area contributed by atoms with Crippen LogP contribution in [0.25, 0.3) is 0 Å². The standard InChI is InChI=1S/H4N3P3.6H3O4P/c1-4-2-6-3-5-1;6*1-5(2,3)4/h1,4-5H,(H,2,3);6*(H3,1,2,3,4). The van der Waals surface area contributed by atoms with Gasteiger partial charge in [0.2, 0.25) is 0 Å². The summed E-state index contributed by atoms with van der Waals surface area (Å²) in [5, 5.41) is 0. The molecule has 0 bridgehead atoms. The predicted molar refractivity (Wildman–Crippen MR) is 118 cm³/mol. The largest absolute Gasteiger partial charge is 0.466 e. The minimum atomic E-state index is -4.64. The van der Waals surface area contributed by atoms with E-state index in [9.17, 15) is 0 Å². The molecular formula is H22N3O24P9. The van der Waals surface area contributed by atoms with E-state index in [-0.39, 0.29) is 0 Å². The van der Waals surface area contributed by atoms with Crippen molar-refractivity contribution in [2.75, 3.05) is 0 Å². The number of rotatable bonds is 0. The average Bonchev–Trinajstić information content (AvgIpc) is 2.37. The summed E-state index contributed by atoms with van der Waals surface area (Å²) >= 11 is 0. The summed E-state index contributed by atoms with van der Waals surface area (Å²) in [6, 6.07) is 0. The Morgan fingerprint density at radius 2 is 0.611 bits per heavy atom. The van der Waals surface area contributed by atoms with Gasteiger partial charge in [-0.1, -0.05) is 0 Å². The minimum Gasteiger partial charge on any atom is -0.313 e. The van der Waals surface area contributed by atoms with E-state index in [2.05, 4.69) is 13.5 Å². The molecule has 0 aliphatic heterocycles. The van der Waals surface area contributed by atoms with Crippen LogP contribution in [0.1, 0.15) is 0 Å². The molecule has 20 N–H and O–H groups in total. The summed E-state index contributed by atoms with van der Waals surface area (Å²) in [5.74, 6) is 0. The van der Waals surface area contributed by atoms with E-state index >= 15 is 0 Å². The van der Waals surface area contributed by atoms with Crippen molar-refractivity contribution in [3.05, 3.63) is 0 Å². The lowest BCUT2D eigenvalue weighted by Crippen LogP contribution is -1.66. The van der Waals surface area contributed by atoms with Crippen LogP contribution in [0, 0.1) is 0 Å². The fourth-order valence-corrected chi connectivity index (χ4v) is 2.81. The zero-order chi connectivity index (χ0) is 31.2. The Labute approximate surface area is 202 Å². The molecule has 0 fully saturated rings. The fourth-order valence-electron chi connectivity index (χ4n) is 0.156.